The second kappa shape index (κ2) is 5.82. The van der Waals surface area contributed by atoms with Crippen LogP contribution in [0.4, 0.5) is 4.79 Å². The standard InChI is InChI=1S/C14H20N2O3/c1-9(2)5-7-14(8-6-10(3)4)11(17)15-13(19)16-12(14)18/h5-6H,7-8H2,1-4H3,(H2,15,16,17,18,19). The molecule has 0 unspecified atom stereocenters. The number of amides is 4. The van der Waals surface area contributed by atoms with Gasteiger partial charge in [0.05, 0.1) is 0 Å². The molecule has 0 atom stereocenters. The lowest BCUT2D eigenvalue weighted by Gasteiger charge is -2.32. The lowest BCUT2D eigenvalue weighted by Crippen LogP contribution is -2.62. The fraction of sp³-hybridized carbons (Fsp3) is 0.500. The zero-order valence-corrected chi connectivity index (χ0v) is 11.8. The maximum Gasteiger partial charge on any atom is 0.328 e. The number of barbiturate groups is 1. The van der Waals surface area contributed by atoms with Crippen LogP contribution in [0.1, 0.15) is 40.5 Å². The smallest absolute Gasteiger partial charge is 0.277 e. The van der Waals surface area contributed by atoms with E-state index in [1.165, 1.54) is 0 Å². The first kappa shape index (κ1) is 15.1. The van der Waals surface area contributed by atoms with E-state index in [2.05, 4.69) is 10.6 Å². The lowest BCUT2D eigenvalue weighted by molar-refractivity contribution is -0.144. The highest BCUT2D eigenvalue weighted by Gasteiger charge is 2.48. The topological polar surface area (TPSA) is 75.3 Å². The van der Waals surface area contributed by atoms with Crippen molar-refractivity contribution in [3.05, 3.63) is 23.3 Å². The van der Waals surface area contributed by atoms with Crippen molar-refractivity contribution in [2.75, 3.05) is 0 Å². The number of carbonyl (C=O) groups excluding carboxylic acids is 3. The van der Waals surface area contributed by atoms with Gasteiger partial charge in [-0.1, -0.05) is 23.3 Å². The molecule has 0 saturated carbocycles. The molecule has 1 aliphatic heterocycles. The van der Waals surface area contributed by atoms with Crippen molar-refractivity contribution in [2.45, 2.75) is 40.5 Å². The van der Waals surface area contributed by atoms with Crippen LogP contribution in [0.5, 0.6) is 0 Å². The molecule has 0 aromatic rings. The van der Waals surface area contributed by atoms with Crippen LogP contribution in [-0.2, 0) is 9.59 Å². The monoisotopic (exact) mass is 264 g/mol. The molecule has 0 bridgehead atoms. The molecule has 104 valence electrons. The minimum Gasteiger partial charge on any atom is -0.277 e. The summed E-state index contributed by atoms with van der Waals surface area (Å²) in [5.41, 5.74) is 0.811. The fourth-order valence-corrected chi connectivity index (χ4v) is 1.79. The molecule has 0 aromatic carbocycles. The van der Waals surface area contributed by atoms with Crippen molar-refractivity contribution in [3.8, 4) is 0 Å². The Balaban J connectivity index is 3.12. The number of carbonyl (C=O) groups is 3. The van der Waals surface area contributed by atoms with E-state index in [9.17, 15) is 14.4 Å². The molecule has 1 heterocycles. The Morgan fingerprint density at radius 2 is 1.26 bits per heavy atom. The first-order valence-corrected chi connectivity index (χ1v) is 6.21. The number of urea groups is 1. The third kappa shape index (κ3) is 3.53. The van der Waals surface area contributed by atoms with Gasteiger partial charge in [0.25, 0.3) is 0 Å². The Bertz CT molecular complexity index is 425. The van der Waals surface area contributed by atoms with E-state index in [0.29, 0.717) is 0 Å². The minimum absolute atomic E-state index is 0.282. The van der Waals surface area contributed by atoms with Crippen LogP contribution in [0.2, 0.25) is 0 Å². The molecule has 0 aromatic heterocycles. The Morgan fingerprint density at radius 3 is 1.58 bits per heavy atom. The molecule has 5 nitrogen and oxygen atoms in total. The maximum atomic E-state index is 12.1. The van der Waals surface area contributed by atoms with Crippen molar-refractivity contribution in [1.29, 1.82) is 0 Å². The summed E-state index contributed by atoms with van der Waals surface area (Å²) < 4.78 is 0. The van der Waals surface area contributed by atoms with E-state index in [4.69, 9.17) is 0 Å². The van der Waals surface area contributed by atoms with Gasteiger partial charge in [0.15, 0.2) is 0 Å². The third-order valence-corrected chi connectivity index (χ3v) is 3.04. The lowest BCUT2D eigenvalue weighted by atomic mass is 9.77. The summed E-state index contributed by atoms with van der Waals surface area (Å²) in [6, 6.07) is -0.750. The molecule has 1 rings (SSSR count). The Labute approximate surface area is 113 Å². The van der Waals surface area contributed by atoms with Gasteiger partial charge >= 0.3 is 6.03 Å². The first-order chi connectivity index (χ1) is 8.78. The van der Waals surface area contributed by atoms with Gasteiger partial charge in [-0.05, 0) is 40.5 Å². The van der Waals surface area contributed by atoms with Crippen LogP contribution in [0, 0.1) is 5.41 Å². The van der Waals surface area contributed by atoms with Crippen LogP contribution < -0.4 is 10.6 Å². The number of rotatable bonds is 4. The number of imide groups is 2. The summed E-state index contributed by atoms with van der Waals surface area (Å²) in [5, 5.41) is 4.36. The predicted octanol–water partition coefficient (Wildman–Crippen LogP) is 2.05. The van der Waals surface area contributed by atoms with Gasteiger partial charge in [-0.25, -0.2) is 4.79 Å². The quantitative estimate of drug-likeness (QED) is 0.602. The number of nitrogens with one attached hydrogen (secondary N) is 2. The fourth-order valence-electron chi connectivity index (χ4n) is 1.79. The Morgan fingerprint density at radius 1 is 0.895 bits per heavy atom. The molecule has 2 N–H and O–H groups in total. The molecule has 19 heavy (non-hydrogen) atoms. The summed E-state index contributed by atoms with van der Waals surface area (Å²) in [5.74, 6) is -1.06. The molecular formula is C14H20N2O3. The van der Waals surface area contributed by atoms with Gasteiger partial charge in [0, 0.05) is 0 Å². The van der Waals surface area contributed by atoms with E-state index in [-0.39, 0.29) is 12.8 Å². The van der Waals surface area contributed by atoms with Crippen LogP contribution in [0.15, 0.2) is 23.3 Å². The second-order valence-corrected chi connectivity index (χ2v) is 5.29. The predicted molar refractivity (Wildman–Crippen MR) is 72.2 cm³/mol. The maximum absolute atomic E-state index is 12.1. The van der Waals surface area contributed by atoms with Gasteiger partial charge in [-0.2, -0.15) is 0 Å². The minimum atomic E-state index is -1.23. The van der Waals surface area contributed by atoms with Crippen LogP contribution >= 0.6 is 0 Å². The molecular weight excluding hydrogens is 244 g/mol. The van der Waals surface area contributed by atoms with Crippen molar-refractivity contribution in [3.63, 3.8) is 0 Å². The summed E-state index contributed by atoms with van der Waals surface area (Å²) >= 11 is 0. The number of hydrogen-bond acceptors (Lipinski definition) is 3. The van der Waals surface area contributed by atoms with E-state index < -0.39 is 23.3 Å². The molecule has 1 fully saturated rings. The summed E-state index contributed by atoms with van der Waals surface area (Å²) in [7, 11) is 0. The largest absolute Gasteiger partial charge is 0.328 e. The van der Waals surface area contributed by atoms with Crippen LogP contribution in [0.25, 0.3) is 0 Å². The van der Waals surface area contributed by atoms with Gasteiger partial charge < -0.3 is 0 Å². The third-order valence-electron chi connectivity index (χ3n) is 3.04. The van der Waals surface area contributed by atoms with E-state index in [1.54, 1.807) is 0 Å². The molecule has 0 spiro atoms. The summed E-state index contributed by atoms with van der Waals surface area (Å²) in [6.45, 7) is 7.60. The second-order valence-electron chi connectivity index (χ2n) is 5.29. The van der Waals surface area contributed by atoms with Gasteiger partial charge in [-0.15, -0.1) is 0 Å². The summed E-state index contributed by atoms with van der Waals surface area (Å²) in [6.07, 6.45) is 4.25. The van der Waals surface area contributed by atoms with E-state index in [0.717, 1.165) is 11.1 Å². The average molecular weight is 264 g/mol. The first-order valence-electron chi connectivity index (χ1n) is 6.21. The molecule has 0 aliphatic carbocycles. The number of hydrogen-bond donors (Lipinski definition) is 2. The van der Waals surface area contributed by atoms with Crippen molar-refractivity contribution in [1.82, 2.24) is 10.6 Å². The molecule has 4 amide bonds. The normalized spacial score (nSPS) is 17.4. The van der Waals surface area contributed by atoms with Gasteiger partial charge in [0.1, 0.15) is 5.41 Å². The van der Waals surface area contributed by atoms with Gasteiger partial charge in [-0.3, -0.25) is 20.2 Å². The Hall–Kier alpha value is -1.91. The van der Waals surface area contributed by atoms with Crippen molar-refractivity contribution >= 4 is 17.8 Å². The van der Waals surface area contributed by atoms with E-state index in [1.807, 2.05) is 39.8 Å². The molecule has 1 saturated heterocycles. The highest BCUT2D eigenvalue weighted by Crippen LogP contribution is 2.31. The Kier molecular flexibility index (Phi) is 4.64. The van der Waals surface area contributed by atoms with Crippen LogP contribution in [0.3, 0.4) is 0 Å². The number of allylic oxidation sites excluding steroid dienone is 4. The van der Waals surface area contributed by atoms with Gasteiger partial charge in [0.2, 0.25) is 11.8 Å². The molecule has 5 heteroatoms. The highest BCUT2D eigenvalue weighted by molar-refractivity contribution is 6.19. The SMILES string of the molecule is CC(C)=CCC1(CC=C(C)C)C(=O)NC(=O)NC1=O. The van der Waals surface area contributed by atoms with Crippen molar-refractivity contribution in [2.24, 2.45) is 5.41 Å². The zero-order valence-electron chi connectivity index (χ0n) is 11.8. The van der Waals surface area contributed by atoms with Crippen LogP contribution in [-0.4, -0.2) is 17.8 Å². The highest BCUT2D eigenvalue weighted by atomic mass is 16.2. The zero-order chi connectivity index (χ0) is 14.6. The molecule has 0 radical (unpaired) electrons. The summed E-state index contributed by atoms with van der Waals surface area (Å²) in [4.78, 5) is 35.4. The van der Waals surface area contributed by atoms with Crippen molar-refractivity contribution < 1.29 is 14.4 Å². The van der Waals surface area contributed by atoms with E-state index >= 15 is 0 Å². The molecule has 1 aliphatic rings. The average Bonchev–Trinajstić information content (AvgIpc) is 2.26.